The molecule has 13 heteroatoms. The Kier molecular flexibility index (Phi) is 31.4. The van der Waals surface area contributed by atoms with Crippen molar-refractivity contribution in [1.82, 2.24) is 19.4 Å². The molecule has 3 unspecified atom stereocenters. The largest absolute Gasteiger partial charge is 0.433 e. The predicted octanol–water partition coefficient (Wildman–Crippen LogP) is 6.41. The minimum atomic E-state index is -1.59. The topological polar surface area (TPSA) is 181 Å². The molecular weight excluding hydrogens is 680 g/mol. The summed E-state index contributed by atoms with van der Waals surface area (Å²) in [6.07, 6.45) is 8.76. The van der Waals surface area contributed by atoms with Gasteiger partial charge in [-0.25, -0.2) is 9.78 Å². The van der Waals surface area contributed by atoms with E-state index in [9.17, 15) is 19.2 Å². The third-order valence-electron chi connectivity index (χ3n) is 8.53. The first-order valence-corrected chi connectivity index (χ1v) is 19.0. The lowest BCUT2D eigenvalue weighted by Gasteiger charge is -2.37. The van der Waals surface area contributed by atoms with E-state index < -0.39 is 35.4 Å². The first kappa shape index (κ1) is 53.8. The third kappa shape index (κ3) is 16.2. The Morgan fingerprint density at radius 2 is 1.53 bits per heavy atom. The number of aliphatic hydroxyl groups is 3. The molecule has 13 nitrogen and oxygen atoms in total. The van der Waals surface area contributed by atoms with Crippen molar-refractivity contribution >= 4 is 23.4 Å². The van der Waals surface area contributed by atoms with Gasteiger partial charge in [-0.15, -0.1) is 0 Å². The van der Waals surface area contributed by atoms with Gasteiger partial charge in [0.1, 0.15) is 11.6 Å². The van der Waals surface area contributed by atoms with E-state index in [2.05, 4.69) is 9.97 Å². The van der Waals surface area contributed by atoms with Gasteiger partial charge in [-0.3, -0.25) is 24.3 Å². The van der Waals surface area contributed by atoms with Gasteiger partial charge in [0.15, 0.2) is 11.4 Å². The third-order valence-corrected chi connectivity index (χ3v) is 8.53. The standard InChI is InChI=1S/C30H40N4O6.C2H6O.3C2H6.2CH4O/c1-19-15-23(39-5)10-11-25(35)20(2)28(37)30(4)27(21(3)26(19)36)34(29(38)40-30)14-7-6-13-33-17-24(32-18-33)22-9-8-12-31-16-22;1-2-3;5*1-2/h8-9,12,16-21,23,27H,6-7,10-11,13-15H2,1-5H3;3H,2H2,1H3;3*1-2H3;2*2H,1H3/t19-,20?,21?,23?,27-,30+;;;;;;/m1....../s1. The van der Waals surface area contributed by atoms with Crippen LogP contribution < -0.4 is 0 Å². The zero-order valence-electron chi connectivity index (χ0n) is 35.1. The summed E-state index contributed by atoms with van der Waals surface area (Å²) in [5, 5.41) is 21.6. The van der Waals surface area contributed by atoms with Crippen molar-refractivity contribution in [3.8, 4) is 11.3 Å². The number of aromatic nitrogens is 3. The lowest BCUT2D eigenvalue weighted by molar-refractivity contribution is -0.146. The first-order chi connectivity index (χ1) is 25.5. The summed E-state index contributed by atoms with van der Waals surface area (Å²) in [6, 6.07) is 3.01. The number of unbranched alkanes of at least 4 members (excludes halogenated alkanes) is 1. The smallest absolute Gasteiger partial charge is 0.411 e. The second-order valence-electron chi connectivity index (χ2n) is 11.7. The number of imidazole rings is 1. The van der Waals surface area contributed by atoms with Gasteiger partial charge in [0, 0.05) is 83.4 Å². The lowest BCUT2D eigenvalue weighted by atomic mass is 9.74. The van der Waals surface area contributed by atoms with Crippen LogP contribution in [0, 0.1) is 17.8 Å². The van der Waals surface area contributed by atoms with E-state index in [0.717, 1.165) is 31.9 Å². The molecule has 0 bridgehead atoms. The summed E-state index contributed by atoms with van der Waals surface area (Å²) in [5.74, 6) is -2.69. The molecule has 2 aliphatic rings. The Bertz CT molecular complexity index is 1260. The summed E-state index contributed by atoms with van der Waals surface area (Å²) < 4.78 is 13.3. The van der Waals surface area contributed by atoms with E-state index in [-0.39, 0.29) is 36.6 Å². The number of aryl methyl sites for hydroxylation is 1. The molecule has 0 aromatic carbocycles. The quantitative estimate of drug-likeness (QED) is 0.210. The fraction of sp³-hybridized carbons (Fsp3) is 0.700. The molecule has 1 saturated heterocycles. The Morgan fingerprint density at radius 3 is 2.06 bits per heavy atom. The molecule has 306 valence electrons. The Balaban J connectivity index is -0.00000172. The average molecular weight is 753 g/mol. The fourth-order valence-corrected chi connectivity index (χ4v) is 6.15. The molecule has 6 atom stereocenters. The minimum absolute atomic E-state index is 0.0460. The van der Waals surface area contributed by atoms with Gasteiger partial charge < -0.3 is 29.4 Å². The molecule has 1 aliphatic carbocycles. The summed E-state index contributed by atoms with van der Waals surface area (Å²) in [5.41, 5.74) is 0.175. The summed E-state index contributed by atoms with van der Waals surface area (Å²) >= 11 is 0. The number of ketones is 3. The molecular formula is C40H72N4O9. The van der Waals surface area contributed by atoms with E-state index in [0.29, 0.717) is 32.4 Å². The SMILES string of the molecule is CC.CC.CC.CCO.CO.CO.COC1CCC(=O)C(C)C(=O)[C@@]2(C)OC(=O)N(CCCCn3cnc(-c4cccnc4)c3)[C@@H]2C(C)C(=O)[C@H](C)C1. The van der Waals surface area contributed by atoms with Gasteiger partial charge in [0.05, 0.1) is 30.1 Å². The van der Waals surface area contributed by atoms with Gasteiger partial charge in [-0.2, -0.15) is 0 Å². The van der Waals surface area contributed by atoms with Crippen LogP contribution >= 0.6 is 0 Å². The molecule has 0 radical (unpaired) electrons. The molecule has 0 spiro atoms. The van der Waals surface area contributed by atoms with Crippen molar-refractivity contribution in [1.29, 1.82) is 0 Å². The normalized spacial score (nSPS) is 23.6. The van der Waals surface area contributed by atoms with Crippen LogP contribution in [0.3, 0.4) is 0 Å². The molecule has 53 heavy (non-hydrogen) atoms. The first-order valence-electron chi connectivity index (χ1n) is 19.0. The van der Waals surface area contributed by atoms with Crippen LogP contribution in [0.25, 0.3) is 11.3 Å². The van der Waals surface area contributed by atoms with Crippen LogP contribution in [0.2, 0.25) is 0 Å². The van der Waals surface area contributed by atoms with Crippen molar-refractivity contribution in [3.05, 3.63) is 37.1 Å². The predicted molar refractivity (Wildman–Crippen MR) is 210 cm³/mol. The summed E-state index contributed by atoms with van der Waals surface area (Å²) in [6.45, 7) is 21.7. The Labute approximate surface area is 319 Å². The molecule has 3 heterocycles. The number of carbonyl (C=O) groups excluding carboxylic acids is 4. The van der Waals surface area contributed by atoms with E-state index in [1.165, 1.54) is 4.90 Å². The van der Waals surface area contributed by atoms with Crippen LogP contribution in [-0.2, 0) is 30.4 Å². The number of amides is 1. The highest BCUT2D eigenvalue weighted by molar-refractivity contribution is 6.07. The molecule has 4 rings (SSSR count). The highest BCUT2D eigenvalue weighted by Crippen LogP contribution is 2.39. The molecule has 2 fully saturated rings. The van der Waals surface area contributed by atoms with Gasteiger partial charge >= 0.3 is 6.09 Å². The Morgan fingerprint density at radius 1 is 0.962 bits per heavy atom. The number of hydrogen-bond donors (Lipinski definition) is 3. The van der Waals surface area contributed by atoms with Gasteiger partial charge in [0.25, 0.3) is 0 Å². The minimum Gasteiger partial charge on any atom is -0.433 e. The molecule has 3 N–H and O–H groups in total. The van der Waals surface area contributed by atoms with E-state index in [4.69, 9.17) is 24.8 Å². The number of aliphatic hydroxyl groups excluding tert-OH is 3. The number of methoxy groups -OCH3 is 1. The van der Waals surface area contributed by atoms with Crippen LogP contribution in [0.5, 0.6) is 0 Å². The number of Topliss-reactive ketones (excluding diaryl/α,β-unsaturated/α-hetero) is 3. The van der Waals surface area contributed by atoms with Crippen molar-refractivity contribution in [3.63, 3.8) is 0 Å². The van der Waals surface area contributed by atoms with Crippen LogP contribution in [0.4, 0.5) is 4.79 Å². The van der Waals surface area contributed by atoms with Crippen molar-refractivity contribution in [2.75, 3.05) is 34.5 Å². The van der Waals surface area contributed by atoms with Crippen LogP contribution in [-0.4, -0.2) is 110 Å². The number of pyridine rings is 1. The number of nitrogens with zero attached hydrogens (tertiary/aromatic N) is 4. The number of ether oxygens (including phenoxy) is 2. The van der Waals surface area contributed by atoms with Gasteiger partial charge in [0.2, 0.25) is 0 Å². The number of rotatable bonds is 7. The van der Waals surface area contributed by atoms with Crippen molar-refractivity contribution in [2.45, 2.75) is 133 Å². The van der Waals surface area contributed by atoms with E-state index >= 15 is 0 Å². The average Bonchev–Trinajstić information content (AvgIpc) is 3.79. The van der Waals surface area contributed by atoms with E-state index in [1.807, 2.05) is 71.4 Å². The lowest BCUT2D eigenvalue weighted by Crippen LogP contribution is -2.57. The van der Waals surface area contributed by atoms with Crippen LogP contribution in [0.1, 0.15) is 108 Å². The monoisotopic (exact) mass is 753 g/mol. The van der Waals surface area contributed by atoms with Gasteiger partial charge in [-0.05, 0) is 58.6 Å². The maximum absolute atomic E-state index is 13.7. The molecule has 1 aliphatic heterocycles. The number of hydrogen-bond acceptors (Lipinski definition) is 11. The maximum Gasteiger partial charge on any atom is 0.411 e. The fourth-order valence-electron chi connectivity index (χ4n) is 6.15. The number of fused-ring (bicyclic) bond motifs is 1. The van der Waals surface area contributed by atoms with Crippen molar-refractivity contribution < 1.29 is 44.0 Å². The number of carbonyl (C=O) groups is 4. The molecule has 2 aromatic heterocycles. The summed E-state index contributed by atoms with van der Waals surface area (Å²) in [4.78, 5) is 63.6. The maximum atomic E-state index is 13.7. The van der Waals surface area contributed by atoms with Crippen LogP contribution in [0.15, 0.2) is 37.1 Å². The second kappa shape index (κ2) is 30.9. The molecule has 1 saturated carbocycles. The zero-order chi connectivity index (χ0) is 41.7. The van der Waals surface area contributed by atoms with Gasteiger partial charge in [-0.1, -0.05) is 55.4 Å². The molecule has 2 aromatic rings. The Hall–Kier alpha value is -3.52. The zero-order valence-corrected chi connectivity index (χ0v) is 35.1. The highest BCUT2D eigenvalue weighted by atomic mass is 16.6. The van der Waals surface area contributed by atoms with Crippen molar-refractivity contribution in [2.24, 2.45) is 17.8 Å². The second-order valence-corrected chi connectivity index (χ2v) is 11.7. The van der Waals surface area contributed by atoms with E-state index in [1.54, 1.807) is 53.5 Å². The molecule has 1 amide bonds. The summed E-state index contributed by atoms with van der Waals surface area (Å²) in [7, 11) is 3.57. The highest BCUT2D eigenvalue weighted by Gasteiger charge is 2.60.